The molecular weight excluding hydrogens is 753 g/mol. The molecule has 4 aromatic carbocycles. The first kappa shape index (κ1) is 41.8. The Bertz CT molecular complexity index is 2190. The van der Waals surface area contributed by atoms with Crippen LogP contribution in [0.4, 0.5) is 0 Å². The number of hydrogen-bond donors (Lipinski definition) is 0. The topological polar surface area (TPSA) is 136 Å². The molecule has 0 saturated heterocycles. The molecule has 3 heterocycles. The minimum atomic E-state index is -0.298. The summed E-state index contributed by atoms with van der Waals surface area (Å²) in [5.41, 5.74) is 2.97. The zero-order valence-corrected chi connectivity index (χ0v) is 33.8. The molecule has 7 rings (SSSR count). The summed E-state index contributed by atoms with van der Waals surface area (Å²) >= 11 is 0. The second kappa shape index (κ2) is 20.1. The summed E-state index contributed by atoms with van der Waals surface area (Å²) in [7, 11) is 3.65. The van der Waals surface area contributed by atoms with Crippen LogP contribution in [0.25, 0.3) is 27.2 Å². The highest BCUT2D eigenvalue weighted by Gasteiger charge is 2.34. The van der Waals surface area contributed by atoms with Crippen LogP contribution in [0.2, 0.25) is 0 Å². The zero-order valence-electron chi connectivity index (χ0n) is 33.8. The van der Waals surface area contributed by atoms with Gasteiger partial charge in [0.2, 0.25) is 0 Å². The Kier molecular flexibility index (Phi) is 14.2. The average Bonchev–Trinajstić information content (AvgIpc) is 3.79. The minimum Gasteiger partial charge on any atom is -0.385 e. The van der Waals surface area contributed by atoms with E-state index in [4.69, 9.17) is 18.9 Å². The molecule has 14 heteroatoms. The van der Waals surface area contributed by atoms with Crippen molar-refractivity contribution in [2.24, 2.45) is 0 Å². The Morgan fingerprint density at radius 1 is 0.576 bits per heavy atom. The van der Waals surface area contributed by atoms with Gasteiger partial charge in [-0.1, -0.05) is 36.4 Å². The Balaban J connectivity index is 0.916. The van der Waals surface area contributed by atoms with Gasteiger partial charge in [-0.25, -0.2) is 4.98 Å². The SMILES string of the molecule is COCCCOCCOCCOCCN(CCCN(C)CCN1C(=O)c2cccc3c(-n4ccnc4)ccc(c23)C1=O)CCN1C(=O)c2cccc3cccc(c23)C1=O. The van der Waals surface area contributed by atoms with Crippen molar-refractivity contribution in [3.63, 3.8) is 0 Å². The van der Waals surface area contributed by atoms with E-state index in [1.165, 1.54) is 9.80 Å². The first-order valence-electron chi connectivity index (χ1n) is 20.3. The van der Waals surface area contributed by atoms with E-state index in [1.54, 1.807) is 43.9 Å². The molecule has 0 saturated carbocycles. The van der Waals surface area contributed by atoms with Crippen LogP contribution in [-0.2, 0) is 18.9 Å². The number of aromatic nitrogens is 2. The van der Waals surface area contributed by atoms with E-state index in [9.17, 15) is 19.2 Å². The average molecular weight is 805 g/mol. The molecule has 2 aliphatic rings. The molecule has 0 atom stereocenters. The maximum atomic E-state index is 13.7. The lowest BCUT2D eigenvalue weighted by molar-refractivity contribution is 0.00740. The van der Waals surface area contributed by atoms with Crippen LogP contribution in [0.5, 0.6) is 0 Å². The second-order valence-electron chi connectivity index (χ2n) is 14.7. The first-order valence-corrected chi connectivity index (χ1v) is 20.3. The summed E-state index contributed by atoms with van der Waals surface area (Å²) in [5.74, 6) is -1.16. The normalized spacial score (nSPS) is 14.0. The Labute approximate surface area is 344 Å². The molecule has 14 nitrogen and oxygen atoms in total. The van der Waals surface area contributed by atoms with Gasteiger partial charge in [0.05, 0.1) is 45.0 Å². The molecule has 0 unspecified atom stereocenters. The third kappa shape index (κ3) is 9.59. The lowest BCUT2D eigenvalue weighted by Gasteiger charge is -2.31. The van der Waals surface area contributed by atoms with E-state index in [2.05, 4.69) is 14.8 Å². The van der Waals surface area contributed by atoms with Crippen molar-refractivity contribution in [2.45, 2.75) is 12.8 Å². The van der Waals surface area contributed by atoms with Gasteiger partial charge in [-0.15, -0.1) is 0 Å². The number of nitrogens with zero attached hydrogens (tertiary/aromatic N) is 6. The second-order valence-corrected chi connectivity index (χ2v) is 14.7. The Morgan fingerprint density at radius 3 is 1.81 bits per heavy atom. The van der Waals surface area contributed by atoms with Crippen molar-refractivity contribution in [3.05, 3.63) is 108 Å². The summed E-state index contributed by atoms with van der Waals surface area (Å²) in [6.45, 7) is 7.09. The molecule has 2 aliphatic heterocycles. The van der Waals surface area contributed by atoms with Crippen molar-refractivity contribution in [3.8, 4) is 5.69 Å². The molecule has 4 amide bonds. The Hall–Kier alpha value is -5.35. The molecular formula is C45H52N6O8. The number of methoxy groups -OCH3 is 1. The number of imidazole rings is 1. The maximum absolute atomic E-state index is 13.7. The number of carbonyl (C=O) groups is 4. The third-order valence-electron chi connectivity index (χ3n) is 10.9. The van der Waals surface area contributed by atoms with Crippen LogP contribution in [0, 0.1) is 0 Å². The van der Waals surface area contributed by atoms with E-state index in [-0.39, 0.29) is 36.7 Å². The van der Waals surface area contributed by atoms with E-state index in [0.29, 0.717) is 112 Å². The number of benzene rings is 4. The zero-order chi connectivity index (χ0) is 41.1. The van der Waals surface area contributed by atoms with Gasteiger partial charge in [0, 0.05) is 104 Å². The molecule has 0 radical (unpaired) electrons. The van der Waals surface area contributed by atoms with Crippen molar-refractivity contribution in [2.75, 3.05) is 106 Å². The van der Waals surface area contributed by atoms with Crippen LogP contribution in [-0.4, -0.2) is 159 Å². The van der Waals surface area contributed by atoms with Crippen LogP contribution < -0.4 is 0 Å². The van der Waals surface area contributed by atoms with Gasteiger partial charge in [-0.05, 0) is 68.7 Å². The highest BCUT2D eigenvalue weighted by molar-refractivity contribution is 6.27. The van der Waals surface area contributed by atoms with Crippen molar-refractivity contribution < 1.29 is 38.1 Å². The molecule has 0 bridgehead atoms. The van der Waals surface area contributed by atoms with E-state index in [0.717, 1.165) is 29.3 Å². The first-order chi connectivity index (χ1) is 28.9. The number of amides is 4. The maximum Gasteiger partial charge on any atom is 0.261 e. The summed E-state index contributed by atoms with van der Waals surface area (Å²) in [5, 5.41) is 3.08. The van der Waals surface area contributed by atoms with Crippen LogP contribution in [0.1, 0.15) is 54.3 Å². The smallest absolute Gasteiger partial charge is 0.261 e. The number of imide groups is 2. The lowest BCUT2D eigenvalue weighted by atomic mass is 9.93. The van der Waals surface area contributed by atoms with Gasteiger partial charge in [-0.3, -0.25) is 33.9 Å². The molecule has 0 fully saturated rings. The molecule has 5 aromatic rings. The highest BCUT2D eigenvalue weighted by Crippen LogP contribution is 2.34. The fourth-order valence-corrected chi connectivity index (χ4v) is 7.81. The number of ether oxygens (including phenoxy) is 4. The summed E-state index contributed by atoms with van der Waals surface area (Å²) in [4.78, 5) is 65.9. The molecule has 1 aromatic heterocycles. The minimum absolute atomic E-state index is 0.239. The molecule has 0 aliphatic carbocycles. The molecule has 310 valence electrons. The van der Waals surface area contributed by atoms with E-state index < -0.39 is 0 Å². The Morgan fingerprint density at radius 2 is 1.17 bits per heavy atom. The van der Waals surface area contributed by atoms with Crippen LogP contribution in [0.15, 0.2) is 85.5 Å². The van der Waals surface area contributed by atoms with E-state index in [1.807, 2.05) is 60.3 Å². The van der Waals surface area contributed by atoms with Gasteiger partial charge in [0.15, 0.2) is 0 Å². The molecule has 59 heavy (non-hydrogen) atoms. The third-order valence-corrected chi connectivity index (χ3v) is 10.9. The quantitative estimate of drug-likeness (QED) is 0.0630. The van der Waals surface area contributed by atoms with E-state index >= 15 is 0 Å². The van der Waals surface area contributed by atoms with Gasteiger partial charge >= 0.3 is 0 Å². The summed E-state index contributed by atoms with van der Waals surface area (Å²) in [6, 6.07) is 20.4. The van der Waals surface area contributed by atoms with Crippen molar-refractivity contribution >= 4 is 45.2 Å². The molecule has 0 spiro atoms. The predicted octanol–water partition coefficient (Wildman–Crippen LogP) is 4.78. The number of hydrogen-bond acceptors (Lipinski definition) is 11. The highest BCUT2D eigenvalue weighted by atomic mass is 16.5. The fraction of sp³-hybridized carbons (Fsp3) is 0.400. The standard InChI is InChI=1S/C45H52N6O8/c1-47(20-22-50-44(54)37-13-5-10-34-39(49-19-16-46-32-49)15-14-38(41(34)37)45(50)55)17-6-18-48(24-27-58-29-31-59-30-28-57-26-7-25-56-2)21-23-51-42(52)35-11-3-8-33-9-4-12-36(40(33)35)43(51)53/h3-5,8-16,19,32H,6-7,17-18,20-31H2,1-2H3. The monoisotopic (exact) mass is 804 g/mol. The van der Waals surface area contributed by atoms with Gasteiger partial charge in [0.25, 0.3) is 23.6 Å². The van der Waals surface area contributed by atoms with Crippen LogP contribution in [0.3, 0.4) is 0 Å². The largest absolute Gasteiger partial charge is 0.385 e. The van der Waals surface area contributed by atoms with Gasteiger partial charge < -0.3 is 28.4 Å². The molecule has 0 N–H and O–H groups in total. The number of likely N-dealkylation sites (N-methyl/N-ethyl adjacent to an activating group) is 1. The summed E-state index contributed by atoms with van der Waals surface area (Å²) in [6.07, 6.45) is 6.85. The van der Waals surface area contributed by atoms with Crippen LogP contribution >= 0.6 is 0 Å². The number of carbonyl (C=O) groups excluding carboxylic acids is 4. The lowest BCUT2D eigenvalue weighted by Crippen LogP contribution is -2.45. The van der Waals surface area contributed by atoms with Gasteiger partial charge in [-0.2, -0.15) is 0 Å². The summed E-state index contributed by atoms with van der Waals surface area (Å²) < 4.78 is 24.0. The van der Waals surface area contributed by atoms with Crippen molar-refractivity contribution in [1.82, 2.24) is 29.2 Å². The number of rotatable bonds is 24. The van der Waals surface area contributed by atoms with Gasteiger partial charge in [0.1, 0.15) is 0 Å². The predicted molar refractivity (Wildman–Crippen MR) is 223 cm³/mol. The van der Waals surface area contributed by atoms with Crippen molar-refractivity contribution in [1.29, 1.82) is 0 Å². The fourth-order valence-electron chi connectivity index (χ4n) is 7.81.